The first kappa shape index (κ1) is 18.6. The van der Waals surface area contributed by atoms with Gasteiger partial charge in [-0.15, -0.1) is 0 Å². The molecule has 0 amide bonds. The Balaban J connectivity index is 2.14. The van der Waals surface area contributed by atoms with Crippen molar-refractivity contribution in [1.82, 2.24) is 0 Å². The van der Waals surface area contributed by atoms with E-state index in [4.69, 9.17) is 0 Å². The monoisotopic (exact) mass is 362 g/mol. The summed E-state index contributed by atoms with van der Waals surface area (Å²) in [4.78, 5) is 0. The Morgan fingerprint density at radius 3 is 1.35 bits per heavy atom. The van der Waals surface area contributed by atoms with Gasteiger partial charge in [0.15, 0.2) is 0 Å². The van der Waals surface area contributed by atoms with Crippen LogP contribution < -0.4 is 0 Å². The van der Waals surface area contributed by atoms with E-state index in [1.807, 2.05) is 0 Å². The first-order valence-corrected chi connectivity index (χ1v) is 8.32. The summed E-state index contributed by atoms with van der Waals surface area (Å²) in [5.74, 6) is -0.154. The molecule has 7 nitrogen and oxygen atoms in total. The predicted octanol–water partition coefficient (Wildman–Crippen LogP) is -0.332. The fourth-order valence-electron chi connectivity index (χ4n) is 3.23. The molecule has 2 aromatic carbocycles. The van der Waals surface area contributed by atoms with Gasteiger partial charge in [0.2, 0.25) is 0 Å². The highest BCUT2D eigenvalue weighted by atomic mass is 16.4. The number of fused-ring (bicyclic) bond motifs is 5. The molecule has 7 N–H and O–H groups in total. The average Bonchev–Trinajstić information content (AvgIpc) is 2.62. The van der Waals surface area contributed by atoms with Gasteiger partial charge < -0.3 is 35.7 Å². The third kappa shape index (κ3) is 3.53. The van der Waals surface area contributed by atoms with Crippen LogP contribution in [0.15, 0.2) is 36.4 Å². The zero-order chi connectivity index (χ0) is 19.0. The summed E-state index contributed by atoms with van der Waals surface area (Å²) in [7, 11) is 0. The highest BCUT2D eigenvalue weighted by molar-refractivity contribution is 5.76. The molecule has 0 aromatic heterocycles. The minimum absolute atomic E-state index is 0.0607. The Kier molecular flexibility index (Phi) is 5.17. The average molecular weight is 362 g/mol. The lowest BCUT2D eigenvalue weighted by molar-refractivity contribution is -0.133. The largest absolute Gasteiger partial charge is 0.507 e. The summed E-state index contributed by atoms with van der Waals surface area (Å²) in [6.45, 7) is 0. The van der Waals surface area contributed by atoms with E-state index in [0.717, 1.165) is 0 Å². The van der Waals surface area contributed by atoms with Gasteiger partial charge in [0.25, 0.3) is 0 Å². The molecule has 4 unspecified atom stereocenters. The topological polar surface area (TPSA) is 142 Å². The van der Waals surface area contributed by atoms with Gasteiger partial charge in [-0.2, -0.15) is 0 Å². The van der Waals surface area contributed by atoms with Crippen LogP contribution in [0.3, 0.4) is 0 Å². The van der Waals surface area contributed by atoms with Crippen LogP contribution in [-0.2, 0) is 12.8 Å². The summed E-state index contributed by atoms with van der Waals surface area (Å²) >= 11 is 0. The van der Waals surface area contributed by atoms with Crippen molar-refractivity contribution in [1.29, 1.82) is 0 Å². The molecule has 26 heavy (non-hydrogen) atoms. The second kappa shape index (κ2) is 7.22. The maximum atomic E-state index is 10.2. The lowest BCUT2D eigenvalue weighted by Gasteiger charge is -2.29. The van der Waals surface area contributed by atoms with E-state index in [-0.39, 0.29) is 24.3 Å². The Hall–Kier alpha value is -2.16. The van der Waals surface area contributed by atoms with Crippen LogP contribution in [0.5, 0.6) is 11.5 Å². The maximum absolute atomic E-state index is 10.2. The van der Waals surface area contributed by atoms with Crippen molar-refractivity contribution in [2.24, 2.45) is 0 Å². The molecule has 2 aromatic rings. The fourth-order valence-corrected chi connectivity index (χ4v) is 3.23. The van der Waals surface area contributed by atoms with E-state index < -0.39 is 30.5 Å². The molecule has 0 aliphatic heterocycles. The molecule has 0 spiro atoms. The molecule has 140 valence electrons. The Labute approximate surface area is 150 Å². The van der Waals surface area contributed by atoms with E-state index in [1.54, 1.807) is 24.3 Å². The minimum atomic E-state index is -1.74. The molecule has 1 aliphatic carbocycles. The molecule has 7 heteroatoms. The zero-order valence-corrected chi connectivity index (χ0v) is 13.9. The summed E-state index contributed by atoms with van der Waals surface area (Å²) in [6.07, 6.45) is -8.01. The third-order valence-electron chi connectivity index (χ3n) is 4.79. The van der Waals surface area contributed by atoms with Crippen LogP contribution in [0.25, 0.3) is 11.1 Å². The van der Waals surface area contributed by atoms with Gasteiger partial charge in [-0.3, -0.25) is 0 Å². The van der Waals surface area contributed by atoms with Crippen LogP contribution in [0.4, 0.5) is 0 Å². The Morgan fingerprint density at radius 2 is 0.962 bits per heavy atom. The van der Waals surface area contributed by atoms with Crippen LogP contribution >= 0.6 is 0 Å². The highest BCUT2D eigenvalue weighted by Gasteiger charge is 2.34. The zero-order valence-electron chi connectivity index (χ0n) is 13.9. The van der Waals surface area contributed by atoms with Crippen molar-refractivity contribution < 1.29 is 35.7 Å². The molecule has 4 bridgehead atoms. The molecule has 3 rings (SSSR count). The summed E-state index contributed by atoms with van der Waals surface area (Å²) in [5.41, 5.74) is 1.77. The first-order valence-electron chi connectivity index (χ1n) is 8.32. The molecule has 0 heterocycles. The number of benzene rings is 2. The first-order chi connectivity index (χ1) is 12.3. The number of rotatable bonds is 0. The number of hydrogen-bond donors (Lipinski definition) is 7. The fraction of sp³-hybridized carbons (Fsp3) is 0.368. The van der Waals surface area contributed by atoms with Crippen molar-refractivity contribution in [3.63, 3.8) is 0 Å². The van der Waals surface area contributed by atoms with Crippen molar-refractivity contribution in [2.45, 2.75) is 43.4 Å². The van der Waals surface area contributed by atoms with Crippen molar-refractivity contribution in [3.05, 3.63) is 47.5 Å². The van der Waals surface area contributed by atoms with E-state index in [0.29, 0.717) is 22.3 Å². The number of hydrogen-bond acceptors (Lipinski definition) is 7. The van der Waals surface area contributed by atoms with Crippen LogP contribution in [0.1, 0.15) is 11.1 Å². The van der Waals surface area contributed by atoms with Crippen LogP contribution in [0, 0.1) is 0 Å². The van der Waals surface area contributed by atoms with Crippen LogP contribution in [-0.4, -0.2) is 66.3 Å². The van der Waals surface area contributed by atoms with E-state index in [2.05, 4.69) is 0 Å². The standard InChI is InChI=1S/C19H22O7/c20-13-3-1-9-5-11(13)12-6-10(2-4-14(12)21)8-16(23)18(25)19(26)17(24)15(22)7-9/h1-6,15-26H,7-8H2. The maximum Gasteiger partial charge on any atom is 0.123 e. The van der Waals surface area contributed by atoms with E-state index >= 15 is 0 Å². The quantitative estimate of drug-likeness (QED) is 0.340. The van der Waals surface area contributed by atoms with Gasteiger partial charge in [0.05, 0.1) is 12.2 Å². The summed E-state index contributed by atoms with van der Waals surface area (Å²) in [6, 6.07) is 9.06. The molecule has 0 saturated carbocycles. The van der Waals surface area contributed by atoms with Gasteiger partial charge in [0.1, 0.15) is 29.8 Å². The number of aliphatic hydroxyl groups excluding tert-OH is 5. The molecular weight excluding hydrogens is 340 g/mol. The van der Waals surface area contributed by atoms with Crippen LogP contribution in [0.2, 0.25) is 0 Å². The number of aromatic hydroxyl groups is 2. The number of phenolic OH excluding ortho intramolecular Hbond substituents is 2. The second-order valence-corrected chi connectivity index (χ2v) is 6.72. The molecule has 0 fully saturated rings. The molecule has 1 aliphatic rings. The number of phenols is 2. The Bertz CT molecular complexity index is 726. The van der Waals surface area contributed by atoms with Crippen molar-refractivity contribution in [3.8, 4) is 22.6 Å². The molecule has 0 radical (unpaired) electrons. The lowest BCUT2D eigenvalue weighted by atomic mass is 9.93. The van der Waals surface area contributed by atoms with Gasteiger partial charge in [0, 0.05) is 24.0 Å². The molecule has 4 atom stereocenters. The normalized spacial score (nSPS) is 29.3. The highest BCUT2D eigenvalue weighted by Crippen LogP contribution is 2.37. The third-order valence-corrected chi connectivity index (χ3v) is 4.79. The molecule has 0 saturated heterocycles. The van der Waals surface area contributed by atoms with E-state index in [9.17, 15) is 35.7 Å². The van der Waals surface area contributed by atoms with Gasteiger partial charge >= 0.3 is 0 Å². The van der Waals surface area contributed by atoms with Crippen molar-refractivity contribution >= 4 is 0 Å². The smallest absolute Gasteiger partial charge is 0.123 e. The van der Waals surface area contributed by atoms with Gasteiger partial charge in [-0.1, -0.05) is 12.1 Å². The SMILES string of the molecule is Oc1ccc2cc1-c1cc(ccc1O)CC(O)C(O)C(O)C(O)C(O)C2. The summed E-state index contributed by atoms with van der Waals surface area (Å²) in [5, 5.41) is 71.0. The van der Waals surface area contributed by atoms with Gasteiger partial charge in [-0.05, 0) is 35.4 Å². The minimum Gasteiger partial charge on any atom is -0.507 e. The predicted molar refractivity (Wildman–Crippen MR) is 92.6 cm³/mol. The summed E-state index contributed by atoms with van der Waals surface area (Å²) < 4.78 is 0. The van der Waals surface area contributed by atoms with Crippen molar-refractivity contribution in [2.75, 3.05) is 0 Å². The Morgan fingerprint density at radius 1 is 0.577 bits per heavy atom. The second-order valence-electron chi connectivity index (χ2n) is 6.72. The number of aliphatic hydroxyl groups is 5. The van der Waals surface area contributed by atoms with E-state index in [1.165, 1.54) is 12.1 Å². The lowest BCUT2D eigenvalue weighted by Crippen LogP contribution is -2.50. The molecular formula is C19H22O7. The van der Waals surface area contributed by atoms with Gasteiger partial charge in [-0.25, -0.2) is 0 Å².